The predicted octanol–water partition coefficient (Wildman–Crippen LogP) is 3.74. The Labute approximate surface area is 184 Å². The number of hydrogen-bond acceptors (Lipinski definition) is 6. The van der Waals surface area contributed by atoms with Crippen molar-refractivity contribution in [3.05, 3.63) is 34.3 Å². The highest BCUT2D eigenvalue weighted by molar-refractivity contribution is 5.74. The highest BCUT2D eigenvalue weighted by atomic mass is 16.5. The van der Waals surface area contributed by atoms with Crippen molar-refractivity contribution >= 4 is 11.1 Å². The van der Waals surface area contributed by atoms with E-state index < -0.39 is 0 Å². The molecule has 172 valence electrons. The van der Waals surface area contributed by atoms with Gasteiger partial charge in [-0.25, -0.2) is 4.79 Å². The van der Waals surface area contributed by atoms with E-state index in [1.54, 1.807) is 14.2 Å². The van der Waals surface area contributed by atoms with Crippen LogP contribution in [0.3, 0.4) is 0 Å². The molecule has 0 N–H and O–H groups in total. The molecule has 0 bridgehead atoms. The number of nitrogens with zero attached hydrogens (tertiary/aromatic N) is 2. The SMILES string of the molecule is COCCO[C@H]1CC[C@](C)(N2CCC(n3c(=O)oc4ccc(COC)cc43)CC2)CC1. The fourth-order valence-electron chi connectivity index (χ4n) is 5.34. The number of likely N-dealkylation sites (tertiary alicyclic amines) is 1. The number of aromatic nitrogens is 1. The highest BCUT2D eigenvalue weighted by Crippen LogP contribution is 2.38. The van der Waals surface area contributed by atoms with Gasteiger partial charge < -0.3 is 18.6 Å². The Bertz CT molecular complexity index is 904. The minimum absolute atomic E-state index is 0.181. The first-order valence-electron chi connectivity index (χ1n) is 11.5. The van der Waals surface area contributed by atoms with Crippen molar-refractivity contribution in [2.24, 2.45) is 0 Å². The smallest absolute Gasteiger partial charge is 0.408 e. The Morgan fingerprint density at radius 1 is 1.06 bits per heavy atom. The van der Waals surface area contributed by atoms with Gasteiger partial charge in [0.15, 0.2) is 5.58 Å². The van der Waals surface area contributed by atoms with Crippen LogP contribution in [0.5, 0.6) is 0 Å². The second-order valence-electron chi connectivity index (χ2n) is 9.25. The van der Waals surface area contributed by atoms with Gasteiger partial charge >= 0.3 is 5.76 Å². The predicted molar refractivity (Wildman–Crippen MR) is 120 cm³/mol. The van der Waals surface area contributed by atoms with Crippen LogP contribution in [0.2, 0.25) is 0 Å². The Morgan fingerprint density at radius 2 is 1.81 bits per heavy atom. The first kappa shape index (κ1) is 22.5. The standard InChI is InChI=1S/C24H36N2O5/c1-24(10-6-20(7-11-24)30-15-14-28-2)25-12-8-19(9-13-25)26-21-16-18(17-29-3)4-5-22(21)31-23(26)27/h4-5,16,19-20H,6-15,17H2,1-3H3/t20-,24-. The lowest BCUT2D eigenvalue weighted by molar-refractivity contribution is -0.0419. The lowest BCUT2D eigenvalue weighted by Gasteiger charge is -2.48. The van der Waals surface area contributed by atoms with Gasteiger partial charge in [-0.2, -0.15) is 0 Å². The number of oxazole rings is 1. The summed E-state index contributed by atoms with van der Waals surface area (Å²) in [5.74, 6) is -0.247. The summed E-state index contributed by atoms with van der Waals surface area (Å²) in [5, 5.41) is 0. The zero-order chi connectivity index (χ0) is 21.8. The van der Waals surface area contributed by atoms with E-state index in [-0.39, 0.29) is 17.3 Å². The van der Waals surface area contributed by atoms with Crippen LogP contribution in [0.4, 0.5) is 0 Å². The van der Waals surface area contributed by atoms with Crippen molar-refractivity contribution in [3.8, 4) is 0 Å². The van der Waals surface area contributed by atoms with Gasteiger partial charge in [-0.1, -0.05) is 6.07 Å². The second-order valence-corrected chi connectivity index (χ2v) is 9.25. The Balaban J connectivity index is 1.38. The van der Waals surface area contributed by atoms with E-state index in [1.807, 2.05) is 22.8 Å². The van der Waals surface area contributed by atoms with E-state index in [9.17, 15) is 4.79 Å². The van der Waals surface area contributed by atoms with Crippen molar-refractivity contribution in [1.29, 1.82) is 0 Å². The topological polar surface area (TPSA) is 66.1 Å². The Morgan fingerprint density at radius 3 is 2.48 bits per heavy atom. The van der Waals surface area contributed by atoms with Gasteiger partial charge in [0.25, 0.3) is 0 Å². The molecule has 0 radical (unpaired) electrons. The summed E-state index contributed by atoms with van der Waals surface area (Å²) in [6, 6.07) is 6.05. The lowest BCUT2D eigenvalue weighted by atomic mass is 9.79. The van der Waals surface area contributed by atoms with E-state index in [4.69, 9.17) is 18.6 Å². The summed E-state index contributed by atoms with van der Waals surface area (Å²) in [6.07, 6.45) is 6.81. The minimum Gasteiger partial charge on any atom is -0.408 e. The fraction of sp³-hybridized carbons (Fsp3) is 0.708. The number of fused-ring (bicyclic) bond motifs is 1. The third kappa shape index (κ3) is 4.90. The molecule has 7 nitrogen and oxygen atoms in total. The van der Waals surface area contributed by atoms with Crippen molar-refractivity contribution in [1.82, 2.24) is 9.47 Å². The van der Waals surface area contributed by atoms with Crippen LogP contribution < -0.4 is 5.76 Å². The summed E-state index contributed by atoms with van der Waals surface area (Å²) in [5.41, 5.74) is 2.82. The normalized spacial score (nSPS) is 26.0. The molecule has 1 saturated carbocycles. The number of piperidine rings is 1. The molecule has 0 unspecified atom stereocenters. The molecule has 1 aromatic carbocycles. The summed E-state index contributed by atoms with van der Waals surface area (Å²) >= 11 is 0. The zero-order valence-corrected chi connectivity index (χ0v) is 19.1. The van der Waals surface area contributed by atoms with Gasteiger partial charge in [0.1, 0.15) is 0 Å². The molecular weight excluding hydrogens is 396 g/mol. The van der Waals surface area contributed by atoms with Gasteiger partial charge in [0.05, 0.1) is 31.4 Å². The van der Waals surface area contributed by atoms with Crippen LogP contribution in [0.15, 0.2) is 27.4 Å². The molecule has 2 heterocycles. The van der Waals surface area contributed by atoms with Gasteiger partial charge in [-0.3, -0.25) is 9.47 Å². The zero-order valence-electron chi connectivity index (χ0n) is 19.1. The molecule has 2 aromatic rings. The summed E-state index contributed by atoms with van der Waals surface area (Å²) in [4.78, 5) is 15.3. The molecule has 1 aliphatic carbocycles. The van der Waals surface area contributed by atoms with Crippen LogP contribution in [-0.2, 0) is 20.8 Å². The summed E-state index contributed by atoms with van der Waals surface area (Å²) in [6.45, 7) is 6.29. The van der Waals surface area contributed by atoms with Gasteiger partial charge in [0.2, 0.25) is 0 Å². The minimum atomic E-state index is -0.247. The second kappa shape index (κ2) is 9.86. The van der Waals surface area contributed by atoms with E-state index >= 15 is 0 Å². The maximum absolute atomic E-state index is 12.6. The molecule has 0 amide bonds. The van der Waals surface area contributed by atoms with Crippen molar-refractivity contribution in [3.63, 3.8) is 0 Å². The molecule has 2 fully saturated rings. The monoisotopic (exact) mass is 432 g/mol. The molecule has 31 heavy (non-hydrogen) atoms. The van der Waals surface area contributed by atoms with Crippen molar-refractivity contribution in [2.75, 3.05) is 40.5 Å². The lowest BCUT2D eigenvalue weighted by Crippen LogP contribution is -2.53. The quantitative estimate of drug-likeness (QED) is 0.592. The Hall–Kier alpha value is -1.67. The van der Waals surface area contributed by atoms with Crippen LogP contribution in [0.1, 0.15) is 57.1 Å². The fourth-order valence-corrected chi connectivity index (χ4v) is 5.34. The molecule has 2 aliphatic rings. The van der Waals surface area contributed by atoms with E-state index in [2.05, 4.69) is 11.8 Å². The maximum Gasteiger partial charge on any atom is 0.420 e. The molecule has 1 aromatic heterocycles. The first-order chi connectivity index (χ1) is 15.0. The first-order valence-corrected chi connectivity index (χ1v) is 11.5. The number of hydrogen-bond donors (Lipinski definition) is 0. The van der Waals surface area contributed by atoms with E-state index in [0.29, 0.717) is 31.5 Å². The number of rotatable bonds is 8. The number of benzene rings is 1. The van der Waals surface area contributed by atoms with E-state index in [0.717, 1.165) is 62.7 Å². The third-order valence-electron chi connectivity index (χ3n) is 7.23. The Kier molecular flexibility index (Phi) is 7.16. The van der Waals surface area contributed by atoms with E-state index in [1.165, 1.54) is 0 Å². The third-order valence-corrected chi connectivity index (χ3v) is 7.23. The molecule has 0 atom stereocenters. The molecule has 0 spiro atoms. The average Bonchev–Trinajstić information content (AvgIpc) is 3.11. The highest BCUT2D eigenvalue weighted by Gasteiger charge is 2.38. The van der Waals surface area contributed by atoms with Crippen LogP contribution in [0, 0.1) is 0 Å². The van der Waals surface area contributed by atoms with Crippen LogP contribution in [0.25, 0.3) is 11.1 Å². The van der Waals surface area contributed by atoms with Gasteiger partial charge in [-0.15, -0.1) is 0 Å². The molecule has 1 aliphatic heterocycles. The van der Waals surface area contributed by atoms with Crippen LogP contribution >= 0.6 is 0 Å². The van der Waals surface area contributed by atoms with Crippen LogP contribution in [-0.4, -0.2) is 61.6 Å². The molecule has 7 heteroatoms. The summed E-state index contributed by atoms with van der Waals surface area (Å²) in [7, 11) is 3.39. The van der Waals surface area contributed by atoms with Crippen molar-refractivity contribution < 1.29 is 18.6 Å². The molecule has 1 saturated heterocycles. The maximum atomic E-state index is 12.6. The molecular formula is C24H36N2O5. The number of methoxy groups -OCH3 is 2. The summed E-state index contributed by atoms with van der Waals surface area (Å²) < 4.78 is 23.7. The van der Waals surface area contributed by atoms with Gasteiger partial charge in [-0.05, 0) is 63.1 Å². The number of ether oxygens (including phenoxy) is 3. The van der Waals surface area contributed by atoms with Gasteiger partial charge in [0, 0.05) is 38.9 Å². The average molecular weight is 433 g/mol. The largest absolute Gasteiger partial charge is 0.420 e. The molecule has 4 rings (SSSR count). The van der Waals surface area contributed by atoms with Crippen molar-refractivity contribution in [2.45, 2.75) is 69.7 Å².